The highest BCUT2D eigenvalue weighted by Gasteiger charge is 2.30. The van der Waals surface area contributed by atoms with Crippen molar-refractivity contribution in [2.45, 2.75) is 32.9 Å². The Morgan fingerprint density at radius 3 is 2.77 bits per heavy atom. The summed E-state index contributed by atoms with van der Waals surface area (Å²) < 4.78 is 7.38. The first kappa shape index (κ1) is 20.8. The number of morpholine rings is 1. The van der Waals surface area contributed by atoms with Crippen LogP contribution in [-0.4, -0.2) is 62.5 Å². The van der Waals surface area contributed by atoms with Crippen molar-refractivity contribution in [2.75, 3.05) is 25.0 Å². The van der Waals surface area contributed by atoms with Gasteiger partial charge in [0.15, 0.2) is 11.9 Å². The Morgan fingerprint density at radius 1 is 1.23 bits per heavy atom. The van der Waals surface area contributed by atoms with Gasteiger partial charge in [-0.2, -0.15) is 10.2 Å². The number of aryl methyl sites for hydroxylation is 2. The van der Waals surface area contributed by atoms with Gasteiger partial charge in [-0.3, -0.25) is 19.4 Å². The summed E-state index contributed by atoms with van der Waals surface area (Å²) in [5.41, 5.74) is 3.61. The van der Waals surface area contributed by atoms with Crippen molar-refractivity contribution in [3.63, 3.8) is 0 Å². The predicted octanol–water partition coefficient (Wildman–Crippen LogP) is 2.15. The van der Waals surface area contributed by atoms with E-state index in [1.54, 1.807) is 9.58 Å². The molecule has 0 aliphatic carbocycles. The summed E-state index contributed by atoms with van der Waals surface area (Å²) in [6.45, 7) is 5.33. The van der Waals surface area contributed by atoms with Crippen LogP contribution in [-0.2, 0) is 20.9 Å². The molecule has 4 rings (SSSR count). The van der Waals surface area contributed by atoms with Crippen LogP contribution in [0, 0.1) is 13.8 Å². The van der Waals surface area contributed by atoms with Crippen molar-refractivity contribution < 1.29 is 14.3 Å². The zero-order chi connectivity index (χ0) is 21.8. The summed E-state index contributed by atoms with van der Waals surface area (Å²) in [6.07, 6.45) is 1.45. The number of amides is 2. The van der Waals surface area contributed by atoms with Crippen LogP contribution >= 0.6 is 0 Å². The molecule has 1 aromatic carbocycles. The molecule has 0 spiro atoms. The van der Waals surface area contributed by atoms with Crippen molar-refractivity contribution >= 4 is 17.6 Å². The van der Waals surface area contributed by atoms with Crippen molar-refractivity contribution in [3.8, 4) is 11.3 Å². The van der Waals surface area contributed by atoms with Crippen molar-refractivity contribution in [1.82, 2.24) is 24.9 Å². The highest BCUT2D eigenvalue weighted by molar-refractivity contribution is 5.95. The molecule has 9 heteroatoms. The van der Waals surface area contributed by atoms with Crippen LogP contribution in [0.5, 0.6) is 0 Å². The number of hydrogen-bond donors (Lipinski definition) is 2. The molecular weight excluding hydrogens is 396 g/mol. The number of carbonyl (C=O) groups is 2. The Kier molecular flexibility index (Phi) is 6.13. The Labute approximate surface area is 180 Å². The zero-order valence-corrected chi connectivity index (χ0v) is 17.7. The maximum Gasteiger partial charge on any atom is 0.256 e. The molecule has 0 radical (unpaired) electrons. The Balaban J connectivity index is 1.34. The minimum Gasteiger partial charge on any atom is -0.365 e. The molecule has 1 fully saturated rings. The van der Waals surface area contributed by atoms with E-state index in [0.29, 0.717) is 31.9 Å². The fourth-order valence-corrected chi connectivity index (χ4v) is 3.59. The molecule has 2 aromatic heterocycles. The van der Waals surface area contributed by atoms with Gasteiger partial charge in [-0.15, -0.1) is 0 Å². The molecule has 1 atom stereocenters. The summed E-state index contributed by atoms with van der Waals surface area (Å²) in [6, 6.07) is 11.7. The van der Waals surface area contributed by atoms with E-state index in [-0.39, 0.29) is 18.4 Å². The van der Waals surface area contributed by atoms with Crippen LogP contribution in [0.2, 0.25) is 0 Å². The monoisotopic (exact) mass is 422 g/mol. The van der Waals surface area contributed by atoms with Gasteiger partial charge in [0, 0.05) is 31.3 Å². The standard InChI is InChI=1S/C22H26N6O3/c1-15-8-10-28(26-15)11-9-19(29)27-12-13-31-18(14-27)22(30)23-21-16(2)20(24-25-21)17-6-4-3-5-7-17/h3-8,10,18H,9,11-14H2,1-2H3,(H2,23,24,25,30). The molecule has 1 aliphatic heterocycles. The number of benzene rings is 1. The van der Waals surface area contributed by atoms with E-state index in [0.717, 1.165) is 22.5 Å². The molecule has 31 heavy (non-hydrogen) atoms. The lowest BCUT2D eigenvalue weighted by Crippen LogP contribution is -2.50. The highest BCUT2D eigenvalue weighted by atomic mass is 16.5. The van der Waals surface area contributed by atoms with E-state index in [9.17, 15) is 9.59 Å². The van der Waals surface area contributed by atoms with E-state index < -0.39 is 6.10 Å². The molecule has 2 amide bonds. The lowest BCUT2D eigenvalue weighted by atomic mass is 10.1. The largest absolute Gasteiger partial charge is 0.365 e. The summed E-state index contributed by atoms with van der Waals surface area (Å²) in [5.74, 6) is 0.135. The van der Waals surface area contributed by atoms with Gasteiger partial charge in [0.1, 0.15) is 0 Å². The van der Waals surface area contributed by atoms with Gasteiger partial charge in [-0.1, -0.05) is 30.3 Å². The van der Waals surface area contributed by atoms with Gasteiger partial charge in [-0.05, 0) is 25.5 Å². The maximum atomic E-state index is 12.8. The summed E-state index contributed by atoms with van der Waals surface area (Å²) >= 11 is 0. The smallest absolute Gasteiger partial charge is 0.256 e. The third-order valence-electron chi connectivity index (χ3n) is 5.35. The Morgan fingerprint density at radius 2 is 2.03 bits per heavy atom. The van der Waals surface area contributed by atoms with Crippen LogP contribution in [0.25, 0.3) is 11.3 Å². The maximum absolute atomic E-state index is 12.8. The quantitative estimate of drug-likeness (QED) is 0.633. The number of hydrogen-bond acceptors (Lipinski definition) is 5. The minimum atomic E-state index is -0.735. The second-order valence-electron chi connectivity index (χ2n) is 7.60. The zero-order valence-electron chi connectivity index (χ0n) is 17.7. The van der Waals surface area contributed by atoms with Gasteiger partial charge in [0.25, 0.3) is 5.91 Å². The number of rotatable bonds is 6. The van der Waals surface area contributed by atoms with E-state index in [1.807, 2.05) is 56.4 Å². The second kappa shape index (κ2) is 9.13. The summed E-state index contributed by atoms with van der Waals surface area (Å²) in [5, 5.41) is 14.4. The van der Waals surface area contributed by atoms with E-state index in [1.165, 1.54) is 0 Å². The molecule has 1 aliphatic rings. The Hall–Kier alpha value is -3.46. The number of ether oxygens (including phenoxy) is 1. The van der Waals surface area contributed by atoms with E-state index in [4.69, 9.17) is 4.74 Å². The van der Waals surface area contributed by atoms with Crippen molar-refractivity contribution in [1.29, 1.82) is 0 Å². The summed E-state index contributed by atoms with van der Waals surface area (Å²) in [7, 11) is 0. The molecule has 2 N–H and O–H groups in total. The predicted molar refractivity (Wildman–Crippen MR) is 115 cm³/mol. The molecule has 1 unspecified atom stereocenters. The number of aromatic nitrogens is 4. The second-order valence-corrected chi connectivity index (χ2v) is 7.60. The van der Waals surface area contributed by atoms with Gasteiger partial charge in [0.2, 0.25) is 5.91 Å². The summed E-state index contributed by atoms with van der Waals surface area (Å²) in [4.78, 5) is 27.1. The SMILES string of the molecule is Cc1ccn(CCC(=O)N2CCOC(C(=O)Nc3n[nH]c(-c4ccccc4)c3C)C2)n1. The van der Waals surface area contributed by atoms with Crippen LogP contribution < -0.4 is 5.32 Å². The third-order valence-corrected chi connectivity index (χ3v) is 5.35. The van der Waals surface area contributed by atoms with Gasteiger partial charge in [0.05, 0.1) is 24.5 Å². The van der Waals surface area contributed by atoms with Crippen LogP contribution in [0.15, 0.2) is 42.6 Å². The molecule has 0 saturated carbocycles. The first-order valence-electron chi connectivity index (χ1n) is 10.3. The molecule has 0 bridgehead atoms. The van der Waals surface area contributed by atoms with Crippen LogP contribution in [0.1, 0.15) is 17.7 Å². The number of H-pyrrole nitrogens is 1. The first-order valence-corrected chi connectivity index (χ1v) is 10.3. The average Bonchev–Trinajstić information content (AvgIpc) is 3.38. The lowest BCUT2D eigenvalue weighted by Gasteiger charge is -2.32. The topological polar surface area (TPSA) is 105 Å². The number of aromatic amines is 1. The molecular formula is C22H26N6O3. The van der Waals surface area contributed by atoms with Gasteiger partial charge < -0.3 is 15.0 Å². The molecule has 9 nitrogen and oxygen atoms in total. The Bertz CT molecular complexity index is 1060. The first-order chi connectivity index (χ1) is 15.0. The normalized spacial score (nSPS) is 16.3. The third kappa shape index (κ3) is 4.83. The van der Waals surface area contributed by atoms with E-state index in [2.05, 4.69) is 20.6 Å². The number of nitrogens with zero attached hydrogens (tertiary/aromatic N) is 4. The van der Waals surface area contributed by atoms with Crippen molar-refractivity contribution in [3.05, 3.63) is 53.9 Å². The molecule has 3 aromatic rings. The average molecular weight is 422 g/mol. The van der Waals surface area contributed by atoms with Gasteiger partial charge in [-0.25, -0.2) is 0 Å². The lowest BCUT2D eigenvalue weighted by molar-refractivity contribution is -0.144. The fraction of sp³-hybridized carbons (Fsp3) is 0.364. The van der Waals surface area contributed by atoms with Crippen LogP contribution in [0.4, 0.5) is 5.82 Å². The number of anilines is 1. The number of nitrogens with one attached hydrogen (secondary N) is 2. The van der Waals surface area contributed by atoms with Crippen LogP contribution in [0.3, 0.4) is 0 Å². The number of carbonyl (C=O) groups excluding carboxylic acids is 2. The van der Waals surface area contributed by atoms with E-state index >= 15 is 0 Å². The molecule has 162 valence electrons. The van der Waals surface area contributed by atoms with Crippen molar-refractivity contribution in [2.24, 2.45) is 0 Å². The fourth-order valence-electron chi connectivity index (χ4n) is 3.59. The van der Waals surface area contributed by atoms with Gasteiger partial charge >= 0.3 is 0 Å². The highest BCUT2D eigenvalue weighted by Crippen LogP contribution is 2.25. The minimum absolute atomic E-state index is 0.0171. The molecule has 3 heterocycles. The molecule has 1 saturated heterocycles.